The highest BCUT2D eigenvalue weighted by Crippen LogP contribution is 2.50. The van der Waals surface area contributed by atoms with Crippen molar-refractivity contribution in [3.8, 4) is 0 Å². The van der Waals surface area contributed by atoms with Gasteiger partial charge < -0.3 is 0 Å². The summed E-state index contributed by atoms with van der Waals surface area (Å²) in [5, 5.41) is 0. The molecule has 0 bridgehead atoms. The molecule has 0 heterocycles. The Morgan fingerprint density at radius 1 is 0.818 bits per heavy atom. The predicted octanol–water partition coefficient (Wildman–Crippen LogP) is 2.98. The highest BCUT2D eigenvalue weighted by atomic mass is 35.5. The highest BCUT2D eigenvalue weighted by molar-refractivity contribution is 7.83. The van der Waals surface area contributed by atoms with Gasteiger partial charge in [-0.15, -0.1) is 12.6 Å². The molecule has 0 amide bonds. The van der Waals surface area contributed by atoms with Crippen LogP contribution >= 0.6 is 24.2 Å². The Labute approximate surface area is 67.9 Å². The van der Waals surface area contributed by atoms with Gasteiger partial charge in [-0.1, -0.05) is 11.6 Å². The lowest BCUT2D eigenvalue weighted by Gasteiger charge is -2.26. The topological polar surface area (TPSA) is 0 Å². The van der Waals surface area contributed by atoms with Crippen molar-refractivity contribution in [2.45, 2.75) is 16.6 Å². The van der Waals surface area contributed by atoms with E-state index in [2.05, 4.69) is 24.2 Å². The molecule has 0 saturated heterocycles. The van der Waals surface area contributed by atoms with E-state index in [1.165, 1.54) is 0 Å². The first-order chi connectivity index (χ1) is 4.50. The van der Waals surface area contributed by atoms with Gasteiger partial charge in [0.1, 0.15) is 0 Å². The van der Waals surface area contributed by atoms with Gasteiger partial charge in [0.15, 0.2) is 0 Å². The summed E-state index contributed by atoms with van der Waals surface area (Å²) < 4.78 is 63.9. The Balaban J connectivity index is 4.75. The molecule has 8 heteroatoms. The molecule has 0 radical (unpaired) electrons. The molecule has 11 heavy (non-hydrogen) atoms. The summed E-state index contributed by atoms with van der Waals surface area (Å²) in [6, 6.07) is 0. The van der Waals surface area contributed by atoms with Crippen LogP contribution in [0.1, 0.15) is 0 Å². The lowest BCUT2D eigenvalue weighted by molar-refractivity contribution is -0.238. The van der Waals surface area contributed by atoms with E-state index in [0.717, 1.165) is 0 Å². The Kier molecular flexibility index (Phi) is 2.67. The van der Waals surface area contributed by atoms with Gasteiger partial charge in [0.25, 0.3) is 4.21 Å². The second-order valence-corrected chi connectivity index (χ2v) is 3.12. The van der Waals surface area contributed by atoms with E-state index in [4.69, 9.17) is 0 Å². The van der Waals surface area contributed by atoms with Crippen molar-refractivity contribution in [1.82, 2.24) is 0 Å². The molecular weight excluding hydrogens is 218 g/mol. The Morgan fingerprint density at radius 3 is 1.00 bits per heavy atom. The fourth-order valence-corrected chi connectivity index (χ4v) is 0.161. The minimum atomic E-state index is -5.62. The number of hydrogen-bond donors (Lipinski definition) is 1. The second kappa shape index (κ2) is 2.62. The van der Waals surface area contributed by atoms with Crippen LogP contribution in [-0.2, 0) is 0 Å². The first kappa shape index (κ1) is 11.2. The van der Waals surface area contributed by atoms with Crippen LogP contribution in [0.5, 0.6) is 0 Å². The molecule has 0 unspecified atom stereocenters. The molecule has 0 fully saturated rings. The van der Waals surface area contributed by atoms with Crippen molar-refractivity contribution in [2.75, 3.05) is 0 Å². The van der Waals surface area contributed by atoms with Crippen molar-refractivity contribution in [1.29, 1.82) is 0 Å². The maximum absolute atomic E-state index is 11.4. The van der Waals surface area contributed by atoms with E-state index in [1.807, 2.05) is 0 Å². The van der Waals surface area contributed by atoms with E-state index in [9.17, 15) is 26.3 Å². The first-order valence-electron chi connectivity index (χ1n) is 2.05. The van der Waals surface area contributed by atoms with Crippen molar-refractivity contribution in [3.05, 3.63) is 0 Å². The average molecular weight is 219 g/mol. The zero-order chi connectivity index (χ0) is 9.50. The van der Waals surface area contributed by atoms with Gasteiger partial charge in [-0.25, -0.2) is 0 Å². The van der Waals surface area contributed by atoms with Crippen molar-refractivity contribution >= 4 is 24.2 Å². The predicted molar refractivity (Wildman–Crippen MR) is 29.7 cm³/mol. The van der Waals surface area contributed by atoms with Crippen molar-refractivity contribution in [2.24, 2.45) is 0 Å². The maximum Gasteiger partial charge on any atom is 0.425 e. The molecule has 0 aromatic carbocycles. The lowest BCUT2D eigenvalue weighted by Crippen LogP contribution is -2.47. The standard InChI is InChI=1S/C3HClF6S/c4-1(11,2(5,6)7)3(8,9)10/h11H. The van der Waals surface area contributed by atoms with Gasteiger partial charge in [-0.05, 0) is 0 Å². The van der Waals surface area contributed by atoms with Gasteiger partial charge in [0.2, 0.25) is 0 Å². The highest BCUT2D eigenvalue weighted by Gasteiger charge is 2.68. The van der Waals surface area contributed by atoms with Gasteiger partial charge in [-0.2, -0.15) is 26.3 Å². The average Bonchev–Trinajstić information content (AvgIpc) is 1.58. The summed E-state index contributed by atoms with van der Waals surface area (Å²) in [4.78, 5) is 0. The van der Waals surface area contributed by atoms with Crippen LogP contribution in [0.2, 0.25) is 0 Å². The third-order valence-corrected chi connectivity index (χ3v) is 1.69. The smallest absolute Gasteiger partial charge is 0.168 e. The summed E-state index contributed by atoms with van der Waals surface area (Å²) in [6.07, 6.45) is -11.2. The van der Waals surface area contributed by atoms with E-state index in [1.54, 1.807) is 0 Å². The van der Waals surface area contributed by atoms with Crippen molar-refractivity contribution in [3.63, 3.8) is 0 Å². The lowest BCUT2D eigenvalue weighted by atomic mass is 10.4. The third-order valence-electron chi connectivity index (χ3n) is 0.751. The van der Waals surface area contributed by atoms with Crippen LogP contribution < -0.4 is 0 Å². The van der Waals surface area contributed by atoms with E-state index >= 15 is 0 Å². The van der Waals surface area contributed by atoms with Gasteiger partial charge in [0.05, 0.1) is 0 Å². The molecule has 0 spiro atoms. The van der Waals surface area contributed by atoms with E-state index in [-0.39, 0.29) is 0 Å². The molecule has 0 aliphatic carbocycles. The molecule has 0 aliphatic rings. The van der Waals surface area contributed by atoms with Gasteiger partial charge >= 0.3 is 12.4 Å². The summed E-state index contributed by atoms with van der Waals surface area (Å²) >= 11 is 6.37. The van der Waals surface area contributed by atoms with Crippen LogP contribution in [0.25, 0.3) is 0 Å². The SMILES string of the molecule is FC(F)(F)C(S)(Cl)C(F)(F)F. The first-order valence-corrected chi connectivity index (χ1v) is 2.87. The van der Waals surface area contributed by atoms with Crippen LogP contribution in [-0.4, -0.2) is 16.6 Å². The van der Waals surface area contributed by atoms with E-state index < -0.39 is 16.6 Å². The Morgan fingerprint density at radius 2 is 1.00 bits per heavy atom. The molecule has 0 atom stereocenters. The number of halogens is 7. The van der Waals surface area contributed by atoms with Crippen LogP contribution in [0.3, 0.4) is 0 Å². The summed E-state index contributed by atoms with van der Waals surface area (Å²) in [5.41, 5.74) is 0. The molecule has 0 saturated carbocycles. The van der Waals surface area contributed by atoms with Crippen molar-refractivity contribution < 1.29 is 26.3 Å². The molecule has 0 aliphatic heterocycles. The summed E-state index contributed by atoms with van der Waals surface area (Å²) in [6.45, 7) is 0. The molecule has 0 aromatic heterocycles. The molecule has 0 aromatic rings. The quantitative estimate of drug-likeness (QED) is 0.361. The maximum atomic E-state index is 11.4. The number of thiol groups is 1. The molecule has 0 N–H and O–H groups in total. The third kappa shape index (κ3) is 2.08. The van der Waals surface area contributed by atoms with Crippen LogP contribution in [0, 0.1) is 0 Å². The fraction of sp³-hybridized carbons (Fsp3) is 1.00. The fourth-order valence-electron chi connectivity index (χ4n) is 0.161. The monoisotopic (exact) mass is 218 g/mol. The van der Waals surface area contributed by atoms with E-state index in [0.29, 0.717) is 0 Å². The summed E-state index contributed by atoms with van der Waals surface area (Å²) in [7, 11) is 0. The van der Waals surface area contributed by atoms with Crippen LogP contribution in [0.4, 0.5) is 26.3 Å². The zero-order valence-corrected chi connectivity index (χ0v) is 6.24. The number of alkyl halides is 7. The minimum absolute atomic E-state index is 2.26. The van der Waals surface area contributed by atoms with Crippen LogP contribution in [0.15, 0.2) is 0 Å². The molecular formula is C3HClF6S. The Hall–Kier alpha value is 0.220. The Bertz CT molecular complexity index is 129. The largest absolute Gasteiger partial charge is 0.425 e. The molecule has 0 nitrogen and oxygen atoms in total. The molecule has 68 valence electrons. The normalized spacial score (nSPS) is 15.3. The van der Waals surface area contributed by atoms with Gasteiger partial charge in [-0.3, -0.25) is 0 Å². The number of rotatable bonds is 0. The summed E-state index contributed by atoms with van der Waals surface area (Å²) in [5.74, 6) is 0. The minimum Gasteiger partial charge on any atom is -0.168 e. The van der Waals surface area contributed by atoms with Gasteiger partial charge in [0, 0.05) is 0 Å². The number of hydrogen-bond acceptors (Lipinski definition) is 1. The zero-order valence-electron chi connectivity index (χ0n) is 4.59. The molecule has 0 rings (SSSR count). The second-order valence-electron chi connectivity index (χ2n) is 1.62.